The molecule has 4 nitrogen and oxygen atoms in total. The molecule has 0 saturated carbocycles. The lowest BCUT2D eigenvalue weighted by Gasteiger charge is -2.33. The average Bonchev–Trinajstić information content (AvgIpc) is 2.17. The zero-order valence-corrected chi connectivity index (χ0v) is 8.29. The number of hydrogen-bond donors (Lipinski definition) is 2. The minimum Gasteiger partial charge on any atom is -0.393 e. The van der Waals surface area contributed by atoms with E-state index >= 15 is 0 Å². The molecule has 0 aliphatic carbocycles. The van der Waals surface area contributed by atoms with E-state index in [1.165, 1.54) is 0 Å². The van der Waals surface area contributed by atoms with Gasteiger partial charge in [0.15, 0.2) is 0 Å². The van der Waals surface area contributed by atoms with Crippen molar-refractivity contribution in [1.29, 1.82) is 0 Å². The molecule has 1 aliphatic rings. The highest BCUT2D eigenvalue weighted by molar-refractivity contribution is 5.80. The summed E-state index contributed by atoms with van der Waals surface area (Å²) < 4.78 is 0. The number of aliphatic hydroxyl groups is 1. The fourth-order valence-corrected chi connectivity index (χ4v) is 1.65. The molecule has 4 heteroatoms. The minimum absolute atomic E-state index is 0.0522. The maximum Gasteiger partial charge on any atom is 0.236 e. The normalized spacial score (nSPS) is 22.7. The molecule has 0 aromatic carbocycles. The SMILES string of the molecule is CNC(=O)[C@@H](C)N1CCC(O)CC1. The fraction of sp³-hybridized carbons (Fsp3) is 0.889. The van der Waals surface area contributed by atoms with Gasteiger partial charge in [-0.3, -0.25) is 9.69 Å². The van der Waals surface area contributed by atoms with E-state index in [2.05, 4.69) is 10.2 Å². The van der Waals surface area contributed by atoms with Crippen LogP contribution < -0.4 is 5.32 Å². The van der Waals surface area contributed by atoms with Gasteiger partial charge in [0, 0.05) is 20.1 Å². The summed E-state index contributed by atoms with van der Waals surface area (Å²) in [5, 5.41) is 11.9. The molecular weight excluding hydrogens is 168 g/mol. The number of nitrogens with one attached hydrogen (secondary N) is 1. The van der Waals surface area contributed by atoms with Crippen LogP contribution in [-0.2, 0) is 4.79 Å². The van der Waals surface area contributed by atoms with Crippen molar-refractivity contribution in [3.05, 3.63) is 0 Å². The number of piperidine rings is 1. The smallest absolute Gasteiger partial charge is 0.236 e. The van der Waals surface area contributed by atoms with E-state index in [0.717, 1.165) is 25.9 Å². The Labute approximate surface area is 78.9 Å². The average molecular weight is 186 g/mol. The van der Waals surface area contributed by atoms with E-state index < -0.39 is 0 Å². The first-order valence-corrected chi connectivity index (χ1v) is 4.79. The van der Waals surface area contributed by atoms with Crippen LogP contribution in [0.5, 0.6) is 0 Å². The number of aliphatic hydroxyl groups excluding tert-OH is 1. The molecule has 0 unspecified atom stereocenters. The van der Waals surface area contributed by atoms with Crippen molar-refractivity contribution in [3.8, 4) is 0 Å². The Kier molecular flexibility index (Phi) is 3.69. The molecule has 1 amide bonds. The number of nitrogens with zero attached hydrogens (tertiary/aromatic N) is 1. The van der Waals surface area contributed by atoms with E-state index in [9.17, 15) is 9.90 Å². The highest BCUT2D eigenvalue weighted by Gasteiger charge is 2.24. The maximum atomic E-state index is 11.3. The van der Waals surface area contributed by atoms with Gasteiger partial charge in [0.05, 0.1) is 12.1 Å². The largest absolute Gasteiger partial charge is 0.393 e. The monoisotopic (exact) mass is 186 g/mol. The first-order chi connectivity index (χ1) is 6.15. The van der Waals surface area contributed by atoms with Gasteiger partial charge in [-0.05, 0) is 19.8 Å². The molecule has 2 N–H and O–H groups in total. The lowest BCUT2D eigenvalue weighted by molar-refractivity contribution is -0.126. The number of carbonyl (C=O) groups excluding carboxylic acids is 1. The lowest BCUT2D eigenvalue weighted by Crippen LogP contribution is -2.48. The van der Waals surface area contributed by atoms with Crippen LogP contribution in [0.4, 0.5) is 0 Å². The third-order valence-electron chi connectivity index (χ3n) is 2.67. The van der Waals surface area contributed by atoms with Gasteiger partial charge in [0.2, 0.25) is 5.91 Å². The first-order valence-electron chi connectivity index (χ1n) is 4.79. The summed E-state index contributed by atoms with van der Waals surface area (Å²) in [4.78, 5) is 13.4. The molecule has 0 aromatic rings. The maximum absolute atomic E-state index is 11.3. The summed E-state index contributed by atoms with van der Waals surface area (Å²) in [5.74, 6) is 0.0522. The Hall–Kier alpha value is -0.610. The van der Waals surface area contributed by atoms with Gasteiger partial charge < -0.3 is 10.4 Å². The topological polar surface area (TPSA) is 52.6 Å². The van der Waals surface area contributed by atoms with Crippen molar-refractivity contribution in [1.82, 2.24) is 10.2 Å². The second kappa shape index (κ2) is 4.58. The third-order valence-corrected chi connectivity index (χ3v) is 2.67. The Morgan fingerprint density at radius 2 is 2.08 bits per heavy atom. The van der Waals surface area contributed by atoms with E-state index in [0.29, 0.717) is 0 Å². The molecule has 13 heavy (non-hydrogen) atoms. The van der Waals surface area contributed by atoms with Gasteiger partial charge in [-0.1, -0.05) is 0 Å². The first kappa shape index (κ1) is 10.5. The number of carbonyl (C=O) groups is 1. The molecule has 1 fully saturated rings. The lowest BCUT2D eigenvalue weighted by atomic mass is 10.1. The van der Waals surface area contributed by atoms with Crippen molar-refractivity contribution >= 4 is 5.91 Å². The summed E-state index contributed by atoms with van der Waals surface area (Å²) in [5.41, 5.74) is 0. The van der Waals surface area contributed by atoms with Crippen LogP contribution >= 0.6 is 0 Å². The Bertz CT molecular complexity index is 176. The number of amides is 1. The molecule has 76 valence electrons. The number of likely N-dealkylation sites (tertiary alicyclic amines) is 1. The van der Waals surface area contributed by atoms with Crippen molar-refractivity contribution in [3.63, 3.8) is 0 Å². The Balaban J connectivity index is 2.39. The number of hydrogen-bond acceptors (Lipinski definition) is 3. The van der Waals surface area contributed by atoms with Crippen molar-refractivity contribution in [2.45, 2.75) is 31.9 Å². The van der Waals surface area contributed by atoms with Crippen LogP contribution in [0.15, 0.2) is 0 Å². The van der Waals surface area contributed by atoms with E-state index in [1.54, 1.807) is 7.05 Å². The molecule has 1 atom stereocenters. The van der Waals surface area contributed by atoms with E-state index in [-0.39, 0.29) is 18.1 Å². The van der Waals surface area contributed by atoms with Crippen LogP contribution in [0.2, 0.25) is 0 Å². The van der Waals surface area contributed by atoms with Crippen LogP contribution in [0.25, 0.3) is 0 Å². The predicted molar refractivity (Wildman–Crippen MR) is 50.3 cm³/mol. The van der Waals surface area contributed by atoms with Crippen molar-refractivity contribution < 1.29 is 9.90 Å². The minimum atomic E-state index is -0.173. The summed E-state index contributed by atoms with van der Waals surface area (Å²) >= 11 is 0. The molecule has 1 saturated heterocycles. The highest BCUT2D eigenvalue weighted by atomic mass is 16.3. The summed E-state index contributed by atoms with van der Waals surface area (Å²) in [6, 6.07) is -0.0718. The van der Waals surface area contributed by atoms with Crippen LogP contribution in [0, 0.1) is 0 Å². The molecular formula is C9H18N2O2. The second-order valence-electron chi connectivity index (χ2n) is 3.56. The van der Waals surface area contributed by atoms with E-state index in [1.807, 2.05) is 6.92 Å². The fourth-order valence-electron chi connectivity index (χ4n) is 1.65. The quantitative estimate of drug-likeness (QED) is 0.615. The highest BCUT2D eigenvalue weighted by Crippen LogP contribution is 2.12. The third kappa shape index (κ3) is 2.67. The predicted octanol–water partition coefficient (Wildman–Crippen LogP) is -0.422. The van der Waals surface area contributed by atoms with Gasteiger partial charge in [-0.15, -0.1) is 0 Å². The second-order valence-corrected chi connectivity index (χ2v) is 3.56. The van der Waals surface area contributed by atoms with Crippen LogP contribution in [0.1, 0.15) is 19.8 Å². The number of rotatable bonds is 2. The van der Waals surface area contributed by atoms with Crippen LogP contribution in [-0.4, -0.2) is 48.2 Å². The van der Waals surface area contributed by atoms with Crippen molar-refractivity contribution in [2.24, 2.45) is 0 Å². The van der Waals surface area contributed by atoms with Crippen molar-refractivity contribution in [2.75, 3.05) is 20.1 Å². The summed E-state index contributed by atoms with van der Waals surface area (Å²) in [7, 11) is 1.65. The molecule has 0 aromatic heterocycles. The zero-order valence-electron chi connectivity index (χ0n) is 8.29. The molecule has 0 radical (unpaired) electrons. The molecule has 1 heterocycles. The summed E-state index contributed by atoms with van der Waals surface area (Å²) in [6.45, 7) is 3.53. The van der Waals surface area contributed by atoms with E-state index in [4.69, 9.17) is 0 Å². The standard InChI is InChI=1S/C9H18N2O2/c1-7(9(13)10-2)11-5-3-8(12)4-6-11/h7-8,12H,3-6H2,1-2H3,(H,10,13)/t7-/m1/s1. The molecule has 0 spiro atoms. The van der Waals surface area contributed by atoms with Gasteiger partial charge in [0.25, 0.3) is 0 Å². The van der Waals surface area contributed by atoms with Gasteiger partial charge in [-0.2, -0.15) is 0 Å². The van der Waals surface area contributed by atoms with Gasteiger partial charge in [0.1, 0.15) is 0 Å². The van der Waals surface area contributed by atoms with Gasteiger partial charge >= 0.3 is 0 Å². The molecule has 0 bridgehead atoms. The summed E-state index contributed by atoms with van der Waals surface area (Å²) in [6.07, 6.45) is 1.39. The Morgan fingerprint density at radius 3 is 2.54 bits per heavy atom. The van der Waals surface area contributed by atoms with Crippen LogP contribution in [0.3, 0.4) is 0 Å². The molecule has 1 rings (SSSR count). The van der Waals surface area contributed by atoms with Gasteiger partial charge in [-0.25, -0.2) is 0 Å². The Morgan fingerprint density at radius 1 is 1.54 bits per heavy atom. The number of likely N-dealkylation sites (N-methyl/N-ethyl adjacent to an activating group) is 1. The molecule has 1 aliphatic heterocycles. The zero-order chi connectivity index (χ0) is 9.84.